The molecular weight excluding hydrogens is 288 g/mol. The van der Waals surface area contributed by atoms with Gasteiger partial charge in [-0.25, -0.2) is 0 Å². The molecule has 1 saturated heterocycles. The van der Waals surface area contributed by atoms with Crippen LogP contribution in [-0.4, -0.2) is 24.1 Å². The highest BCUT2D eigenvalue weighted by molar-refractivity contribution is 6.34. The van der Waals surface area contributed by atoms with Gasteiger partial charge in [-0.15, -0.1) is 0 Å². The summed E-state index contributed by atoms with van der Waals surface area (Å²) >= 11 is 6.09. The Morgan fingerprint density at radius 1 is 1.38 bits per heavy atom. The van der Waals surface area contributed by atoms with E-state index in [9.17, 15) is 0 Å². The minimum atomic E-state index is -0.0739. The zero-order valence-corrected chi connectivity index (χ0v) is 12.8. The minimum absolute atomic E-state index is 0.0739. The van der Waals surface area contributed by atoms with Crippen molar-refractivity contribution in [2.75, 3.05) is 6.61 Å². The monoisotopic (exact) mass is 308 g/mol. The third kappa shape index (κ3) is 3.01. The summed E-state index contributed by atoms with van der Waals surface area (Å²) in [5, 5.41) is 8.06. The lowest BCUT2D eigenvalue weighted by Gasteiger charge is -2.24. The molecule has 4 nitrogen and oxygen atoms in total. The van der Waals surface area contributed by atoms with Crippen LogP contribution in [0.5, 0.6) is 5.75 Å². The first-order valence-corrected chi connectivity index (χ1v) is 7.91. The fourth-order valence-corrected chi connectivity index (χ4v) is 3.74. The average Bonchev–Trinajstić information content (AvgIpc) is 3.07. The molecule has 1 aromatic carbocycles. The van der Waals surface area contributed by atoms with Crippen LogP contribution < -0.4 is 10.5 Å². The van der Waals surface area contributed by atoms with E-state index >= 15 is 0 Å². The number of ether oxygens (including phenoxy) is 2. The fourth-order valence-electron chi connectivity index (χ4n) is 3.47. The summed E-state index contributed by atoms with van der Waals surface area (Å²) in [4.78, 5) is 0. The van der Waals surface area contributed by atoms with E-state index in [4.69, 9.17) is 32.2 Å². The van der Waals surface area contributed by atoms with Crippen LogP contribution in [0.25, 0.3) is 0 Å². The highest BCUT2D eigenvalue weighted by Gasteiger charge is 2.42. The number of hydrogen-bond acceptors (Lipinski definition) is 3. The maximum atomic E-state index is 7.62. The summed E-state index contributed by atoms with van der Waals surface area (Å²) in [6, 6.07) is 5.31. The van der Waals surface area contributed by atoms with Gasteiger partial charge >= 0.3 is 0 Å². The third-order valence-electron chi connectivity index (χ3n) is 4.52. The van der Waals surface area contributed by atoms with Gasteiger partial charge in [0, 0.05) is 0 Å². The van der Waals surface area contributed by atoms with Crippen molar-refractivity contribution in [1.82, 2.24) is 0 Å². The molecule has 3 rings (SSSR count). The molecule has 1 aliphatic carbocycles. The van der Waals surface area contributed by atoms with Crippen LogP contribution in [0.4, 0.5) is 0 Å². The Morgan fingerprint density at radius 3 is 2.86 bits per heavy atom. The van der Waals surface area contributed by atoms with Gasteiger partial charge in [0.05, 0.1) is 22.3 Å². The average molecular weight is 309 g/mol. The van der Waals surface area contributed by atoms with E-state index in [1.165, 1.54) is 25.7 Å². The van der Waals surface area contributed by atoms with Crippen molar-refractivity contribution in [2.24, 2.45) is 5.73 Å². The van der Waals surface area contributed by atoms with Crippen molar-refractivity contribution >= 4 is 17.4 Å². The first kappa shape index (κ1) is 14.7. The van der Waals surface area contributed by atoms with E-state index in [1.54, 1.807) is 18.2 Å². The summed E-state index contributed by atoms with van der Waals surface area (Å²) in [6.07, 6.45) is 7.21. The van der Waals surface area contributed by atoms with Gasteiger partial charge in [0.2, 0.25) is 0 Å². The van der Waals surface area contributed by atoms with E-state index < -0.39 is 0 Å². The van der Waals surface area contributed by atoms with Gasteiger partial charge in [-0.3, -0.25) is 5.41 Å². The van der Waals surface area contributed by atoms with Crippen molar-refractivity contribution in [1.29, 1.82) is 5.41 Å². The van der Waals surface area contributed by atoms with Crippen LogP contribution in [0, 0.1) is 5.41 Å². The smallest absolute Gasteiger partial charge is 0.131 e. The Kier molecular flexibility index (Phi) is 4.09. The lowest BCUT2D eigenvalue weighted by Crippen LogP contribution is -2.27. The number of halogens is 1. The Balaban J connectivity index is 1.64. The molecule has 1 aliphatic heterocycles. The summed E-state index contributed by atoms with van der Waals surface area (Å²) < 4.78 is 12.1. The maximum absolute atomic E-state index is 7.62. The SMILES string of the molecule is N=C(N)c1c(Cl)cccc1OCC1CCC2(CCCC2)O1. The van der Waals surface area contributed by atoms with Gasteiger partial charge in [0.15, 0.2) is 0 Å². The Labute approximate surface area is 130 Å². The first-order chi connectivity index (χ1) is 10.1. The van der Waals surface area contributed by atoms with E-state index in [0.717, 1.165) is 12.8 Å². The van der Waals surface area contributed by atoms with Gasteiger partial charge in [0.1, 0.15) is 18.2 Å². The van der Waals surface area contributed by atoms with Crippen molar-refractivity contribution in [3.8, 4) is 5.75 Å². The third-order valence-corrected chi connectivity index (χ3v) is 4.84. The molecule has 0 bridgehead atoms. The second-order valence-corrected chi connectivity index (χ2v) is 6.41. The first-order valence-electron chi connectivity index (χ1n) is 7.53. The summed E-state index contributed by atoms with van der Waals surface area (Å²) in [6.45, 7) is 0.488. The second-order valence-electron chi connectivity index (χ2n) is 6.01. The standard InChI is InChI=1S/C16H21ClN2O2/c17-12-4-3-5-13(14(12)15(18)19)20-10-11-6-9-16(21-11)7-1-2-8-16/h3-5,11H,1-2,6-10H2,(H3,18,19). The molecule has 1 spiro atoms. The number of nitrogen functional groups attached to an aromatic ring is 1. The largest absolute Gasteiger partial charge is 0.490 e. The molecule has 114 valence electrons. The Bertz CT molecular complexity index is 541. The molecule has 1 heterocycles. The summed E-state index contributed by atoms with van der Waals surface area (Å²) in [7, 11) is 0. The number of nitrogens with one attached hydrogen (secondary N) is 1. The zero-order valence-electron chi connectivity index (χ0n) is 12.0. The van der Waals surface area contributed by atoms with Crippen molar-refractivity contribution < 1.29 is 9.47 Å². The van der Waals surface area contributed by atoms with Crippen LogP contribution in [0.1, 0.15) is 44.1 Å². The lowest BCUT2D eigenvalue weighted by molar-refractivity contribution is -0.0509. The summed E-state index contributed by atoms with van der Waals surface area (Å²) in [5.41, 5.74) is 6.16. The Morgan fingerprint density at radius 2 is 2.14 bits per heavy atom. The predicted molar refractivity (Wildman–Crippen MR) is 83.3 cm³/mol. The van der Waals surface area contributed by atoms with E-state index in [0.29, 0.717) is 22.9 Å². The molecule has 2 fully saturated rings. The molecule has 21 heavy (non-hydrogen) atoms. The zero-order chi connectivity index (χ0) is 14.9. The quantitative estimate of drug-likeness (QED) is 0.661. The van der Waals surface area contributed by atoms with Gasteiger partial charge in [-0.2, -0.15) is 0 Å². The van der Waals surface area contributed by atoms with Gasteiger partial charge < -0.3 is 15.2 Å². The minimum Gasteiger partial charge on any atom is -0.490 e. The van der Waals surface area contributed by atoms with Crippen LogP contribution >= 0.6 is 11.6 Å². The highest BCUT2D eigenvalue weighted by Crippen LogP contribution is 2.43. The molecule has 0 amide bonds. The van der Waals surface area contributed by atoms with Gasteiger partial charge in [-0.05, 0) is 37.8 Å². The van der Waals surface area contributed by atoms with E-state index in [2.05, 4.69) is 0 Å². The molecule has 1 saturated carbocycles. The van der Waals surface area contributed by atoms with Crippen molar-refractivity contribution in [3.05, 3.63) is 28.8 Å². The van der Waals surface area contributed by atoms with Crippen molar-refractivity contribution in [2.45, 2.75) is 50.2 Å². The van der Waals surface area contributed by atoms with Crippen LogP contribution in [0.2, 0.25) is 5.02 Å². The fraction of sp³-hybridized carbons (Fsp3) is 0.562. The van der Waals surface area contributed by atoms with Gasteiger partial charge in [-0.1, -0.05) is 30.5 Å². The lowest BCUT2D eigenvalue weighted by atomic mass is 9.98. The normalized spacial score (nSPS) is 23.6. The molecule has 5 heteroatoms. The van der Waals surface area contributed by atoms with Crippen molar-refractivity contribution in [3.63, 3.8) is 0 Å². The highest BCUT2D eigenvalue weighted by atomic mass is 35.5. The number of rotatable bonds is 4. The number of benzene rings is 1. The molecule has 3 N–H and O–H groups in total. The molecule has 1 atom stereocenters. The Hall–Kier alpha value is -1.26. The van der Waals surface area contributed by atoms with Gasteiger partial charge in [0.25, 0.3) is 0 Å². The number of hydrogen-bond donors (Lipinski definition) is 2. The molecular formula is C16H21ClN2O2. The number of nitrogens with two attached hydrogens (primary N) is 1. The summed E-state index contributed by atoms with van der Waals surface area (Å²) in [5.74, 6) is 0.487. The maximum Gasteiger partial charge on any atom is 0.131 e. The van der Waals surface area contributed by atoms with Crippen LogP contribution in [0.3, 0.4) is 0 Å². The molecule has 1 unspecified atom stereocenters. The number of amidine groups is 1. The molecule has 2 aliphatic rings. The van der Waals surface area contributed by atoms with Crippen LogP contribution in [0.15, 0.2) is 18.2 Å². The molecule has 1 aromatic rings. The second kappa shape index (κ2) is 5.85. The van der Waals surface area contributed by atoms with E-state index in [1.807, 2.05) is 0 Å². The predicted octanol–water partition coefficient (Wildman–Crippen LogP) is 3.49. The van der Waals surface area contributed by atoms with E-state index in [-0.39, 0.29) is 17.5 Å². The van der Waals surface area contributed by atoms with Crippen LogP contribution in [-0.2, 0) is 4.74 Å². The topological polar surface area (TPSA) is 68.3 Å². The molecule has 0 aromatic heterocycles. The molecule has 0 radical (unpaired) electrons.